The van der Waals surface area contributed by atoms with Gasteiger partial charge in [0.05, 0.1) is 0 Å². The number of nitrogens with one attached hydrogen (secondary N) is 1. The molecule has 0 bridgehead atoms. The highest BCUT2D eigenvalue weighted by Crippen LogP contribution is 2.26. The highest BCUT2D eigenvalue weighted by molar-refractivity contribution is 5.25. The Morgan fingerprint density at radius 1 is 1.16 bits per heavy atom. The predicted octanol–water partition coefficient (Wildman–Crippen LogP) is 4.87. The lowest BCUT2D eigenvalue weighted by molar-refractivity contribution is 0.263. The van der Waals surface area contributed by atoms with Gasteiger partial charge in [0.2, 0.25) is 0 Å². The summed E-state index contributed by atoms with van der Waals surface area (Å²) >= 11 is 0. The molecule has 0 radical (unpaired) electrons. The smallest absolute Gasteiger partial charge is 0.0294 e. The second-order valence-corrected chi connectivity index (χ2v) is 6.25. The molecule has 3 unspecified atom stereocenters. The molecule has 1 aliphatic rings. The summed E-state index contributed by atoms with van der Waals surface area (Å²) in [5.74, 6) is 0.829. The fourth-order valence-electron chi connectivity index (χ4n) is 3.24. The van der Waals surface area contributed by atoms with Crippen molar-refractivity contribution in [1.82, 2.24) is 5.32 Å². The molecule has 2 rings (SSSR count). The number of hydrogen-bond acceptors (Lipinski definition) is 1. The Morgan fingerprint density at radius 2 is 1.84 bits per heavy atom. The first kappa shape index (κ1) is 14.6. The van der Waals surface area contributed by atoms with Crippen molar-refractivity contribution in [3.63, 3.8) is 0 Å². The average Bonchev–Trinajstić information content (AvgIpc) is 2.42. The maximum Gasteiger partial charge on any atom is 0.0294 e. The van der Waals surface area contributed by atoms with E-state index in [1.54, 1.807) is 0 Å². The van der Waals surface area contributed by atoms with Crippen LogP contribution >= 0.6 is 0 Å². The van der Waals surface area contributed by atoms with Crippen LogP contribution in [0.1, 0.15) is 70.0 Å². The van der Waals surface area contributed by atoms with Gasteiger partial charge in [0.1, 0.15) is 0 Å². The second kappa shape index (κ2) is 7.09. The Labute approximate surface area is 118 Å². The summed E-state index contributed by atoms with van der Waals surface area (Å²) < 4.78 is 0. The monoisotopic (exact) mass is 259 g/mol. The van der Waals surface area contributed by atoms with E-state index in [2.05, 4.69) is 50.4 Å². The molecule has 0 heterocycles. The standard InChI is InChI=1S/C18H29N/c1-4-7-16-10-12-17(13-11-16)15(3)19-18-9-6-5-8-14(18)2/h10-15,18-19H,4-9H2,1-3H3. The molecule has 0 saturated heterocycles. The van der Waals surface area contributed by atoms with Crippen LogP contribution in [0.4, 0.5) is 0 Å². The first-order chi connectivity index (χ1) is 9.20. The van der Waals surface area contributed by atoms with Crippen LogP contribution in [-0.2, 0) is 6.42 Å². The summed E-state index contributed by atoms with van der Waals surface area (Å²) in [6, 6.07) is 10.4. The van der Waals surface area contributed by atoms with Crippen molar-refractivity contribution in [2.75, 3.05) is 0 Å². The maximum absolute atomic E-state index is 3.84. The van der Waals surface area contributed by atoms with E-state index in [9.17, 15) is 0 Å². The lowest BCUT2D eigenvalue weighted by atomic mass is 9.85. The van der Waals surface area contributed by atoms with Gasteiger partial charge < -0.3 is 5.32 Å². The molecular formula is C18H29N. The van der Waals surface area contributed by atoms with Gasteiger partial charge in [0, 0.05) is 12.1 Å². The Morgan fingerprint density at radius 3 is 2.47 bits per heavy atom. The SMILES string of the molecule is CCCc1ccc(C(C)NC2CCCCC2C)cc1. The van der Waals surface area contributed by atoms with Gasteiger partial charge in [-0.3, -0.25) is 0 Å². The summed E-state index contributed by atoms with van der Waals surface area (Å²) in [6.45, 7) is 6.94. The minimum Gasteiger partial charge on any atom is -0.307 e. The molecule has 1 saturated carbocycles. The molecule has 1 N–H and O–H groups in total. The van der Waals surface area contributed by atoms with E-state index in [0.29, 0.717) is 12.1 Å². The number of aryl methyl sites for hydroxylation is 1. The number of rotatable bonds is 5. The topological polar surface area (TPSA) is 12.0 Å². The second-order valence-electron chi connectivity index (χ2n) is 6.25. The summed E-state index contributed by atoms with van der Waals surface area (Å²) in [5.41, 5.74) is 2.89. The number of hydrogen-bond donors (Lipinski definition) is 1. The first-order valence-electron chi connectivity index (χ1n) is 8.05. The molecule has 0 aliphatic heterocycles. The van der Waals surface area contributed by atoms with Crippen LogP contribution in [0.2, 0.25) is 0 Å². The first-order valence-corrected chi connectivity index (χ1v) is 8.05. The van der Waals surface area contributed by atoms with E-state index in [1.807, 2.05) is 0 Å². The fraction of sp³-hybridized carbons (Fsp3) is 0.667. The summed E-state index contributed by atoms with van der Waals surface area (Å²) in [5, 5.41) is 3.84. The summed E-state index contributed by atoms with van der Waals surface area (Å²) in [6.07, 6.45) is 7.97. The largest absolute Gasteiger partial charge is 0.307 e. The molecule has 1 aromatic rings. The molecule has 3 atom stereocenters. The van der Waals surface area contributed by atoms with E-state index in [1.165, 1.54) is 49.7 Å². The van der Waals surface area contributed by atoms with Crippen molar-refractivity contribution in [2.45, 2.75) is 71.4 Å². The number of benzene rings is 1. The normalized spacial score (nSPS) is 25.2. The molecule has 1 aromatic carbocycles. The minimum absolute atomic E-state index is 0.473. The minimum atomic E-state index is 0.473. The van der Waals surface area contributed by atoms with Crippen LogP contribution < -0.4 is 5.32 Å². The third-order valence-corrected chi connectivity index (χ3v) is 4.59. The third kappa shape index (κ3) is 4.07. The predicted molar refractivity (Wildman–Crippen MR) is 83.4 cm³/mol. The summed E-state index contributed by atoms with van der Waals surface area (Å²) in [4.78, 5) is 0. The van der Waals surface area contributed by atoms with Crippen LogP contribution in [0.3, 0.4) is 0 Å². The molecule has 106 valence electrons. The van der Waals surface area contributed by atoms with E-state index in [4.69, 9.17) is 0 Å². The van der Waals surface area contributed by atoms with Gasteiger partial charge in [-0.25, -0.2) is 0 Å². The van der Waals surface area contributed by atoms with Crippen molar-refractivity contribution in [2.24, 2.45) is 5.92 Å². The zero-order valence-corrected chi connectivity index (χ0v) is 12.8. The summed E-state index contributed by atoms with van der Waals surface area (Å²) in [7, 11) is 0. The van der Waals surface area contributed by atoms with Crippen molar-refractivity contribution in [3.8, 4) is 0 Å². The van der Waals surface area contributed by atoms with Crippen LogP contribution in [-0.4, -0.2) is 6.04 Å². The Bertz CT molecular complexity index is 368. The maximum atomic E-state index is 3.84. The molecule has 19 heavy (non-hydrogen) atoms. The van der Waals surface area contributed by atoms with Crippen LogP contribution in [0.15, 0.2) is 24.3 Å². The van der Waals surface area contributed by atoms with Gasteiger partial charge in [0.15, 0.2) is 0 Å². The Balaban J connectivity index is 1.93. The quantitative estimate of drug-likeness (QED) is 0.795. The van der Waals surface area contributed by atoms with Crippen LogP contribution in [0.5, 0.6) is 0 Å². The molecule has 0 amide bonds. The van der Waals surface area contributed by atoms with Crippen molar-refractivity contribution in [1.29, 1.82) is 0 Å². The van der Waals surface area contributed by atoms with Gasteiger partial charge >= 0.3 is 0 Å². The highest BCUT2D eigenvalue weighted by Gasteiger charge is 2.22. The van der Waals surface area contributed by atoms with E-state index in [-0.39, 0.29) is 0 Å². The van der Waals surface area contributed by atoms with Crippen molar-refractivity contribution in [3.05, 3.63) is 35.4 Å². The van der Waals surface area contributed by atoms with Gasteiger partial charge in [-0.15, -0.1) is 0 Å². The van der Waals surface area contributed by atoms with Crippen LogP contribution in [0, 0.1) is 5.92 Å². The van der Waals surface area contributed by atoms with Crippen molar-refractivity contribution >= 4 is 0 Å². The molecule has 0 spiro atoms. The van der Waals surface area contributed by atoms with Crippen LogP contribution in [0.25, 0.3) is 0 Å². The fourth-order valence-corrected chi connectivity index (χ4v) is 3.24. The lowest BCUT2D eigenvalue weighted by Gasteiger charge is -2.32. The Kier molecular flexibility index (Phi) is 5.45. The van der Waals surface area contributed by atoms with E-state index < -0.39 is 0 Å². The van der Waals surface area contributed by atoms with E-state index >= 15 is 0 Å². The molecule has 1 aliphatic carbocycles. The molecule has 0 aromatic heterocycles. The Hall–Kier alpha value is -0.820. The van der Waals surface area contributed by atoms with E-state index in [0.717, 1.165) is 5.92 Å². The average molecular weight is 259 g/mol. The zero-order valence-electron chi connectivity index (χ0n) is 12.8. The zero-order chi connectivity index (χ0) is 13.7. The van der Waals surface area contributed by atoms with Crippen molar-refractivity contribution < 1.29 is 0 Å². The van der Waals surface area contributed by atoms with Gasteiger partial charge in [0.25, 0.3) is 0 Å². The highest BCUT2D eigenvalue weighted by atomic mass is 15.0. The molecule has 1 nitrogen and oxygen atoms in total. The van der Waals surface area contributed by atoms with Gasteiger partial charge in [-0.2, -0.15) is 0 Å². The molecule has 1 fully saturated rings. The van der Waals surface area contributed by atoms with Gasteiger partial charge in [-0.1, -0.05) is 57.4 Å². The molecular weight excluding hydrogens is 230 g/mol. The molecule has 1 heteroatoms. The van der Waals surface area contributed by atoms with Gasteiger partial charge in [-0.05, 0) is 43.2 Å². The lowest BCUT2D eigenvalue weighted by Crippen LogP contribution is -2.38. The third-order valence-electron chi connectivity index (χ3n) is 4.59.